The highest BCUT2D eigenvalue weighted by molar-refractivity contribution is 5.82. The molecule has 7 heteroatoms. The SMILES string of the molecule is CC[C@H]1CCCCN1CCCNC(=O)Cn1c(=O)c2cccn2c2ccc(F)cc21. The van der Waals surface area contributed by atoms with Gasteiger partial charge in [0.1, 0.15) is 17.9 Å². The number of benzene rings is 1. The molecule has 1 aliphatic heterocycles. The fourth-order valence-electron chi connectivity index (χ4n) is 4.61. The monoisotopic (exact) mass is 412 g/mol. The Bertz CT molecular complexity index is 1100. The molecule has 1 atom stereocenters. The van der Waals surface area contributed by atoms with E-state index in [1.165, 1.54) is 42.4 Å². The van der Waals surface area contributed by atoms with Crippen LogP contribution in [-0.2, 0) is 11.3 Å². The molecule has 0 bridgehead atoms. The minimum atomic E-state index is -0.436. The Morgan fingerprint density at radius 2 is 2.07 bits per heavy atom. The van der Waals surface area contributed by atoms with Crippen LogP contribution in [0, 0.1) is 5.82 Å². The third-order valence-corrected chi connectivity index (χ3v) is 6.17. The minimum Gasteiger partial charge on any atom is -0.355 e. The molecule has 1 N–H and O–H groups in total. The maximum atomic E-state index is 13.9. The first-order valence-electron chi connectivity index (χ1n) is 10.9. The number of nitrogens with zero attached hydrogens (tertiary/aromatic N) is 3. The van der Waals surface area contributed by atoms with E-state index in [2.05, 4.69) is 17.1 Å². The van der Waals surface area contributed by atoms with Crippen LogP contribution in [0.5, 0.6) is 0 Å². The molecule has 1 aliphatic rings. The molecule has 0 unspecified atom stereocenters. The molecule has 0 saturated carbocycles. The van der Waals surface area contributed by atoms with Gasteiger partial charge in [-0.3, -0.25) is 14.2 Å². The van der Waals surface area contributed by atoms with Crippen LogP contribution in [-0.4, -0.2) is 45.5 Å². The zero-order chi connectivity index (χ0) is 21.1. The molecular formula is C23H29FN4O2. The van der Waals surface area contributed by atoms with E-state index in [1.54, 1.807) is 28.8 Å². The van der Waals surface area contributed by atoms with E-state index in [0.29, 0.717) is 29.1 Å². The van der Waals surface area contributed by atoms with E-state index in [1.807, 2.05) is 0 Å². The van der Waals surface area contributed by atoms with Gasteiger partial charge in [-0.2, -0.15) is 0 Å². The number of amides is 1. The Morgan fingerprint density at radius 3 is 2.90 bits per heavy atom. The van der Waals surface area contributed by atoms with Gasteiger partial charge in [0.05, 0.1) is 11.0 Å². The summed E-state index contributed by atoms with van der Waals surface area (Å²) in [4.78, 5) is 28.0. The van der Waals surface area contributed by atoms with E-state index in [4.69, 9.17) is 0 Å². The molecule has 1 aromatic carbocycles. The van der Waals surface area contributed by atoms with Gasteiger partial charge in [-0.1, -0.05) is 13.3 Å². The van der Waals surface area contributed by atoms with Gasteiger partial charge in [0.25, 0.3) is 5.56 Å². The van der Waals surface area contributed by atoms with Crippen LogP contribution < -0.4 is 10.9 Å². The standard InChI is InChI=1S/C23H29FN4O2/c1-2-18-7-3-4-12-26(18)13-6-11-25-22(29)16-28-21-15-17(24)9-10-19(21)27-14-5-8-20(27)23(28)30/h5,8-10,14-15,18H,2-4,6-7,11-13,16H2,1H3,(H,25,29)/t18-/m0/s1. The number of hydrogen-bond acceptors (Lipinski definition) is 3. The predicted molar refractivity (Wildman–Crippen MR) is 116 cm³/mol. The molecule has 1 saturated heterocycles. The number of aromatic nitrogens is 2. The Hall–Kier alpha value is -2.67. The number of hydrogen-bond donors (Lipinski definition) is 1. The molecule has 4 rings (SSSR count). The second kappa shape index (κ2) is 9.00. The van der Waals surface area contributed by atoms with Crippen molar-refractivity contribution in [2.45, 2.75) is 51.6 Å². The van der Waals surface area contributed by atoms with Gasteiger partial charge in [0.2, 0.25) is 5.91 Å². The minimum absolute atomic E-state index is 0.123. The lowest BCUT2D eigenvalue weighted by molar-refractivity contribution is -0.121. The smallest absolute Gasteiger partial charge is 0.275 e. The van der Waals surface area contributed by atoms with Gasteiger partial charge in [0, 0.05) is 25.3 Å². The summed E-state index contributed by atoms with van der Waals surface area (Å²) in [7, 11) is 0. The largest absolute Gasteiger partial charge is 0.355 e. The van der Waals surface area contributed by atoms with Crippen LogP contribution in [0.1, 0.15) is 39.0 Å². The molecule has 0 spiro atoms. The number of fused-ring (bicyclic) bond motifs is 3. The molecule has 3 heterocycles. The van der Waals surface area contributed by atoms with Gasteiger partial charge >= 0.3 is 0 Å². The van der Waals surface area contributed by atoms with Crippen molar-refractivity contribution in [3.63, 3.8) is 0 Å². The van der Waals surface area contributed by atoms with Gasteiger partial charge in [-0.25, -0.2) is 4.39 Å². The van der Waals surface area contributed by atoms with Crippen LogP contribution in [0.3, 0.4) is 0 Å². The molecule has 1 fully saturated rings. The summed E-state index contributed by atoms with van der Waals surface area (Å²) in [6, 6.07) is 8.44. The van der Waals surface area contributed by atoms with E-state index < -0.39 is 5.82 Å². The van der Waals surface area contributed by atoms with Crippen molar-refractivity contribution >= 4 is 22.5 Å². The Labute approximate surface area is 175 Å². The summed E-state index contributed by atoms with van der Waals surface area (Å²) in [5.74, 6) is -0.668. The lowest BCUT2D eigenvalue weighted by Gasteiger charge is -2.35. The van der Waals surface area contributed by atoms with Crippen LogP contribution in [0.15, 0.2) is 41.3 Å². The molecular weight excluding hydrogens is 383 g/mol. The third-order valence-electron chi connectivity index (χ3n) is 6.17. The summed E-state index contributed by atoms with van der Waals surface area (Å²) in [6.45, 7) is 4.79. The second-order valence-electron chi connectivity index (χ2n) is 8.09. The fourth-order valence-corrected chi connectivity index (χ4v) is 4.61. The number of nitrogens with one attached hydrogen (secondary N) is 1. The van der Waals surface area contributed by atoms with Crippen molar-refractivity contribution in [2.24, 2.45) is 0 Å². The van der Waals surface area contributed by atoms with Gasteiger partial charge in [0.15, 0.2) is 0 Å². The second-order valence-corrected chi connectivity index (χ2v) is 8.09. The summed E-state index contributed by atoms with van der Waals surface area (Å²) in [6.07, 6.45) is 7.63. The lowest BCUT2D eigenvalue weighted by atomic mass is 10.00. The van der Waals surface area contributed by atoms with Crippen molar-refractivity contribution in [2.75, 3.05) is 19.6 Å². The van der Waals surface area contributed by atoms with Crippen molar-refractivity contribution < 1.29 is 9.18 Å². The quantitative estimate of drug-likeness (QED) is 0.607. The first-order chi connectivity index (χ1) is 14.6. The normalized spacial score (nSPS) is 17.6. The Kier molecular flexibility index (Phi) is 6.18. The first-order valence-corrected chi connectivity index (χ1v) is 10.9. The van der Waals surface area contributed by atoms with Crippen LogP contribution >= 0.6 is 0 Å². The number of carbonyl (C=O) groups excluding carboxylic acids is 1. The molecule has 0 radical (unpaired) electrons. The molecule has 1 amide bonds. The maximum absolute atomic E-state index is 13.9. The van der Waals surface area contributed by atoms with Crippen molar-refractivity contribution in [3.05, 3.63) is 52.7 Å². The predicted octanol–water partition coefficient (Wildman–Crippen LogP) is 3.16. The summed E-state index contributed by atoms with van der Waals surface area (Å²) in [5.41, 5.74) is 1.28. The van der Waals surface area contributed by atoms with E-state index in [0.717, 1.165) is 19.5 Å². The van der Waals surface area contributed by atoms with Crippen LogP contribution in [0.4, 0.5) is 4.39 Å². The van der Waals surface area contributed by atoms with Gasteiger partial charge in [-0.05, 0) is 62.6 Å². The number of halogens is 1. The lowest BCUT2D eigenvalue weighted by Crippen LogP contribution is -2.41. The highest BCUT2D eigenvalue weighted by Crippen LogP contribution is 2.19. The molecule has 30 heavy (non-hydrogen) atoms. The Balaban J connectivity index is 1.43. The number of carbonyl (C=O) groups is 1. The highest BCUT2D eigenvalue weighted by Gasteiger charge is 2.20. The van der Waals surface area contributed by atoms with Crippen molar-refractivity contribution in [3.8, 4) is 0 Å². The third kappa shape index (κ3) is 4.12. The van der Waals surface area contributed by atoms with E-state index in [-0.39, 0.29) is 18.0 Å². The number of likely N-dealkylation sites (tertiary alicyclic amines) is 1. The Morgan fingerprint density at radius 1 is 1.20 bits per heavy atom. The molecule has 3 aromatic rings. The summed E-state index contributed by atoms with van der Waals surface area (Å²) >= 11 is 0. The first kappa shape index (κ1) is 20.6. The van der Waals surface area contributed by atoms with Gasteiger partial charge < -0.3 is 14.6 Å². The van der Waals surface area contributed by atoms with Gasteiger partial charge in [-0.15, -0.1) is 0 Å². The zero-order valence-electron chi connectivity index (χ0n) is 17.4. The molecule has 160 valence electrons. The summed E-state index contributed by atoms with van der Waals surface area (Å²) < 4.78 is 17.0. The topological polar surface area (TPSA) is 58.8 Å². The van der Waals surface area contributed by atoms with Crippen molar-refractivity contribution in [1.82, 2.24) is 19.2 Å². The fraction of sp³-hybridized carbons (Fsp3) is 0.478. The van der Waals surface area contributed by atoms with Crippen LogP contribution in [0.25, 0.3) is 16.6 Å². The number of rotatable bonds is 7. The average Bonchev–Trinajstić information content (AvgIpc) is 3.24. The average molecular weight is 413 g/mol. The zero-order valence-corrected chi connectivity index (χ0v) is 17.4. The summed E-state index contributed by atoms with van der Waals surface area (Å²) in [5, 5.41) is 2.93. The molecule has 6 nitrogen and oxygen atoms in total. The maximum Gasteiger partial charge on any atom is 0.275 e. The van der Waals surface area contributed by atoms with E-state index in [9.17, 15) is 14.0 Å². The molecule has 0 aliphatic carbocycles. The van der Waals surface area contributed by atoms with E-state index >= 15 is 0 Å². The highest BCUT2D eigenvalue weighted by atomic mass is 19.1. The molecule has 2 aromatic heterocycles. The van der Waals surface area contributed by atoms with Crippen LogP contribution in [0.2, 0.25) is 0 Å². The number of piperidine rings is 1. The van der Waals surface area contributed by atoms with Crippen molar-refractivity contribution in [1.29, 1.82) is 0 Å².